The lowest BCUT2D eigenvalue weighted by atomic mass is 10.2. The molecule has 1 amide bonds. The van der Waals surface area contributed by atoms with E-state index in [-0.39, 0.29) is 11.4 Å². The van der Waals surface area contributed by atoms with Crippen LogP contribution in [-0.2, 0) is 11.0 Å². The summed E-state index contributed by atoms with van der Waals surface area (Å²) in [6.45, 7) is 1.31. The predicted molar refractivity (Wildman–Crippen MR) is 56.5 cm³/mol. The maximum absolute atomic E-state index is 12.2. The summed E-state index contributed by atoms with van der Waals surface area (Å²) in [4.78, 5) is 11.1. The number of aliphatic hydroxyl groups is 1. The Morgan fingerprint density at radius 2 is 1.82 bits per heavy atom. The number of allylic oxidation sites excluding steroid dienone is 1. The molecule has 2 N–H and O–H groups in total. The molecular weight excluding hydrogens is 235 g/mol. The molecule has 3 nitrogen and oxygen atoms in total. The van der Waals surface area contributed by atoms with Gasteiger partial charge in [0.25, 0.3) is 5.91 Å². The maximum Gasteiger partial charge on any atom is 0.416 e. The average molecular weight is 245 g/mol. The molecule has 0 heterocycles. The first-order chi connectivity index (χ1) is 7.79. The van der Waals surface area contributed by atoms with E-state index in [0.29, 0.717) is 0 Å². The van der Waals surface area contributed by atoms with Gasteiger partial charge < -0.3 is 10.4 Å². The van der Waals surface area contributed by atoms with Gasteiger partial charge in [-0.15, -0.1) is 0 Å². The number of amides is 1. The highest BCUT2D eigenvalue weighted by atomic mass is 19.4. The van der Waals surface area contributed by atoms with Crippen LogP contribution in [0.2, 0.25) is 0 Å². The molecule has 6 heteroatoms. The van der Waals surface area contributed by atoms with Crippen molar-refractivity contribution in [3.8, 4) is 0 Å². The van der Waals surface area contributed by atoms with Crippen molar-refractivity contribution < 1.29 is 23.1 Å². The van der Waals surface area contributed by atoms with Crippen LogP contribution in [0.3, 0.4) is 0 Å². The number of halogens is 3. The van der Waals surface area contributed by atoms with E-state index < -0.39 is 17.6 Å². The number of hydrogen-bond acceptors (Lipinski definition) is 2. The largest absolute Gasteiger partial charge is 0.512 e. The van der Waals surface area contributed by atoms with Gasteiger partial charge in [-0.1, -0.05) is 0 Å². The van der Waals surface area contributed by atoms with Crippen LogP contribution in [0.5, 0.6) is 0 Å². The van der Waals surface area contributed by atoms with E-state index in [1.165, 1.54) is 6.92 Å². The van der Waals surface area contributed by atoms with Crippen LogP contribution in [0.15, 0.2) is 36.1 Å². The lowest BCUT2D eigenvalue weighted by molar-refractivity contribution is -0.137. The van der Waals surface area contributed by atoms with Crippen molar-refractivity contribution in [3.63, 3.8) is 0 Å². The molecule has 1 aromatic carbocycles. The lowest BCUT2D eigenvalue weighted by Gasteiger charge is -2.07. The van der Waals surface area contributed by atoms with Crippen LogP contribution in [0, 0.1) is 0 Å². The third kappa shape index (κ3) is 4.18. The van der Waals surface area contributed by atoms with Crippen molar-refractivity contribution in [2.75, 3.05) is 5.32 Å². The molecule has 0 unspecified atom stereocenters. The van der Waals surface area contributed by atoms with Crippen LogP contribution >= 0.6 is 0 Å². The summed E-state index contributed by atoms with van der Waals surface area (Å²) >= 11 is 0. The fourth-order valence-corrected chi connectivity index (χ4v) is 1.11. The summed E-state index contributed by atoms with van der Waals surface area (Å²) in [7, 11) is 0. The molecule has 0 aliphatic rings. The van der Waals surface area contributed by atoms with Crippen LogP contribution in [0.1, 0.15) is 12.5 Å². The quantitative estimate of drug-likeness (QED) is 0.621. The van der Waals surface area contributed by atoms with E-state index in [1.54, 1.807) is 0 Å². The summed E-state index contributed by atoms with van der Waals surface area (Å²) in [6, 6.07) is 4.01. The molecule has 0 aliphatic heterocycles. The number of carbonyl (C=O) groups is 1. The Bertz CT molecular complexity index is 431. The second-order valence-corrected chi connectivity index (χ2v) is 3.35. The number of aliphatic hydroxyl groups excluding tert-OH is 1. The Morgan fingerprint density at radius 3 is 2.24 bits per heavy atom. The van der Waals surface area contributed by atoms with Gasteiger partial charge in [-0.05, 0) is 31.2 Å². The number of rotatable bonds is 2. The van der Waals surface area contributed by atoms with Gasteiger partial charge in [-0.2, -0.15) is 13.2 Å². The van der Waals surface area contributed by atoms with E-state index in [4.69, 9.17) is 5.11 Å². The molecule has 0 fully saturated rings. The number of nitrogens with one attached hydrogen (secondary N) is 1. The Balaban J connectivity index is 2.76. The fourth-order valence-electron chi connectivity index (χ4n) is 1.11. The van der Waals surface area contributed by atoms with E-state index in [9.17, 15) is 18.0 Å². The van der Waals surface area contributed by atoms with Crippen molar-refractivity contribution in [2.24, 2.45) is 0 Å². The molecule has 92 valence electrons. The Morgan fingerprint density at radius 1 is 1.29 bits per heavy atom. The zero-order valence-electron chi connectivity index (χ0n) is 8.88. The number of benzene rings is 1. The monoisotopic (exact) mass is 245 g/mol. The molecule has 0 bridgehead atoms. The lowest BCUT2D eigenvalue weighted by Crippen LogP contribution is -2.09. The van der Waals surface area contributed by atoms with Gasteiger partial charge >= 0.3 is 6.18 Å². The normalized spacial score (nSPS) is 12.4. The first-order valence-corrected chi connectivity index (χ1v) is 4.64. The number of alkyl halides is 3. The standard InChI is InChI=1S/C11H10F3NO2/c1-7(16)6-10(17)15-9-4-2-8(3-5-9)11(12,13)14/h2-6,16H,1H3,(H,15,17)/b7-6+. The predicted octanol–water partition coefficient (Wildman–Crippen LogP) is 3.11. The molecule has 17 heavy (non-hydrogen) atoms. The molecule has 0 saturated heterocycles. The van der Waals surface area contributed by atoms with Crippen LogP contribution in [-0.4, -0.2) is 11.0 Å². The third-order valence-corrected chi connectivity index (χ3v) is 1.82. The molecule has 0 aliphatic carbocycles. The molecular formula is C11H10F3NO2. The summed E-state index contributed by atoms with van der Waals surface area (Å²) in [6.07, 6.45) is -3.47. The smallest absolute Gasteiger partial charge is 0.416 e. The van der Waals surface area contributed by atoms with Gasteiger partial charge in [-0.25, -0.2) is 0 Å². The first-order valence-electron chi connectivity index (χ1n) is 4.64. The zero-order chi connectivity index (χ0) is 13.1. The number of carbonyl (C=O) groups excluding carboxylic acids is 1. The molecule has 0 aromatic heterocycles. The van der Waals surface area contributed by atoms with Crippen molar-refractivity contribution in [1.29, 1.82) is 0 Å². The van der Waals surface area contributed by atoms with E-state index in [0.717, 1.165) is 30.3 Å². The van der Waals surface area contributed by atoms with Gasteiger partial charge in [0.05, 0.1) is 11.3 Å². The average Bonchev–Trinajstić information content (AvgIpc) is 2.15. The van der Waals surface area contributed by atoms with Gasteiger partial charge in [-0.3, -0.25) is 4.79 Å². The van der Waals surface area contributed by atoms with Gasteiger partial charge in [0.15, 0.2) is 0 Å². The Labute approximate surface area is 95.6 Å². The van der Waals surface area contributed by atoms with E-state index in [1.807, 2.05) is 0 Å². The number of hydrogen-bond donors (Lipinski definition) is 2. The molecule has 0 atom stereocenters. The minimum Gasteiger partial charge on any atom is -0.512 e. The highest BCUT2D eigenvalue weighted by Gasteiger charge is 2.29. The molecule has 1 aromatic rings. The molecule has 0 spiro atoms. The Kier molecular flexibility index (Phi) is 3.77. The molecule has 0 saturated carbocycles. The summed E-state index contributed by atoms with van der Waals surface area (Å²) in [5.74, 6) is -0.792. The highest BCUT2D eigenvalue weighted by Crippen LogP contribution is 2.29. The van der Waals surface area contributed by atoms with E-state index in [2.05, 4.69) is 5.32 Å². The molecule has 1 rings (SSSR count). The Hall–Kier alpha value is -1.98. The topological polar surface area (TPSA) is 49.3 Å². The minimum absolute atomic E-state index is 0.186. The highest BCUT2D eigenvalue weighted by molar-refractivity contribution is 5.99. The molecule has 0 radical (unpaired) electrons. The summed E-state index contributed by atoms with van der Waals surface area (Å²) in [5, 5.41) is 11.1. The van der Waals surface area contributed by atoms with Crippen LogP contribution in [0.25, 0.3) is 0 Å². The summed E-state index contributed by atoms with van der Waals surface area (Å²) < 4.78 is 36.7. The summed E-state index contributed by atoms with van der Waals surface area (Å²) in [5.41, 5.74) is -0.565. The van der Waals surface area contributed by atoms with Gasteiger partial charge in [0.1, 0.15) is 0 Å². The van der Waals surface area contributed by atoms with E-state index >= 15 is 0 Å². The minimum atomic E-state index is -4.40. The van der Waals surface area contributed by atoms with Crippen molar-refractivity contribution >= 4 is 11.6 Å². The second-order valence-electron chi connectivity index (χ2n) is 3.35. The van der Waals surface area contributed by atoms with Crippen molar-refractivity contribution in [2.45, 2.75) is 13.1 Å². The fraction of sp³-hybridized carbons (Fsp3) is 0.182. The van der Waals surface area contributed by atoms with Crippen molar-refractivity contribution in [1.82, 2.24) is 0 Å². The van der Waals surface area contributed by atoms with Gasteiger partial charge in [0.2, 0.25) is 0 Å². The maximum atomic E-state index is 12.2. The zero-order valence-corrected chi connectivity index (χ0v) is 8.88. The van der Waals surface area contributed by atoms with Crippen LogP contribution < -0.4 is 5.32 Å². The second kappa shape index (κ2) is 4.90. The number of anilines is 1. The van der Waals surface area contributed by atoms with Crippen molar-refractivity contribution in [3.05, 3.63) is 41.7 Å². The third-order valence-electron chi connectivity index (χ3n) is 1.82. The van der Waals surface area contributed by atoms with Gasteiger partial charge in [0, 0.05) is 11.8 Å². The van der Waals surface area contributed by atoms with Crippen LogP contribution in [0.4, 0.5) is 18.9 Å². The SMILES string of the molecule is C/C(O)=C\C(=O)Nc1ccc(C(F)(F)F)cc1. The first kappa shape index (κ1) is 13.1.